The van der Waals surface area contributed by atoms with Crippen molar-refractivity contribution in [1.29, 1.82) is 0 Å². The zero-order valence-corrected chi connectivity index (χ0v) is 14.6. The smallest absolute Gasteiger partial charge is 0.225 e. The molecule has 0 saturated heterocycles. The number of anilines is 3. The second-order valence-corrected chi connectivity index (χ2v) is 5.96. The highest BCUT2D eigenvalue weighted by Crippen LogP contribution is 2.18. The van der Waals surface area contributed by atoms with Crippen molar-refractivity contribution >= 4 is 23.2 Å². The van der Waals surface area contributed by atoms with Crippen LogP contribution in [-0.4, -0.2) is 15.8 Å². The molecule has 0 saturated carbocycles. The van der Waals surface area contributed by atoms with Crippen molar-refractivity contribution in [3.63, 3.8) is 0 Å². The van der Waals surface area contributed by atoms with Crippen LogP contribution in [0, 0.1) is 12.7 Å². The molecule has 3 aromatic rings. The highest BCUT2D eigenvalue weighted by molar-refractivity contribution is 5.94. The fourth-order valence-corrected chi connectivity index (χ4v) is 2.43. The minimum Gasteiger partial charge on any atom is -0.350 e. The van der Waals surface area contributed by atoms with Gasteiger partial charge in [-0.2, -0.15) is 4.98 Å². The first-order valence-electron chi connectivity index (χ1n) is 8.21. The molecular formula is C20H19FN4O. The van der Waals surface area contributed by atoms with Crippen molar-refractivity contribution in [3.05, 3.63) is 77.2 Å². The molecule has 0 amide bonds. The maximum atomic E-state index is 13.0. The standard InChI is InChI=1S/C20H19FN4O/c1-13-11-19(24-18-9-5-16(6-10-18)14(2)26)25-20(23-13)22-12-15-3-7-17(21)8-4-15/h3-11H,12H2,1-2H3,(H2,22,23,24,25). The number of ketones is 1. The van der Waals surface area contributed by atoms with Crippen LogP contribution in [0.15, 0.2) is 54.6 Å². The Bertz CT molecular complexity index is 908. The summed E-state index contributed by atoms with van der Waals surface area (Å²) in [7, 11) is 0. The summed E-state index contributed by atoms with van der Waals surface area (Å²) in [5.74, 6) is 0.899. The lowest BCUT2D eigenvalue weighted by Crippen LogP contribution is -2.06. The molecule has 2 aromatic carbocycles. The average molecular weight is 350 g/mol. The van der Waals surface area contributed by atoms with Crippen molar-refractivity contribution in [2.24, 2.45) is 0 Å². The van der Waals surface area contributed by atoms with Gasteiger partial charge in [-0.15, -0.1) is 0 Å². The molecule has 0 aliphatic carbocycles. The van der Waals surface area contributed by atoms with Gasteiger partial charge in [0.15, 0.2) is 5.78 Å². The quantitative estimate of drug-likeness (QED) is 0.642. The lowest BCUT2D eigenvalue weighted by Gasteiger charge is -2.10. The normalized spacial score (nSPS) is 10.4. The average Bonchev–Trinajstić information content (AvgIpc) is 2.61. The number of halogens is 1. The monoisotopic (exact) mass is 350 g/mol. The number of rotatable bonds is 6. The topological polar surface area (TPSA) is 66.9 Å². The fourth-order valence-electron chi connectivity index (χ4n) is 2.43. The second kappa shape index (κ2) is 7.74. The Kier molecular flexibility index (Phi) is 5.22. The number of hydrogen-bond donors (Lipinski definition) is 2. The van der Waals surface area contributed by atoms with Gasteiger partial charge in [0.1, 0.15) is 11.6 Å². The van der Waals surface area contributed by atoms with Crippen molar-refractivity contribution in [2.75, 3.05) is 10.6 Å². The van der Waals surface area contributed by atoms with Crippen LogP contribution >= 0.6 is 0 Å². The number of Topliss-reactive ketones (excluding diaryl/α,β-unsaturated/α-hetero) is 1. The van der Waals surface area contributed by atoms with E-state index in [1.54, 1.807) is 24.3 Å². The molecule has 0 spiro atoms. The number of carbonyl (C=O) groups is 1. The van der Waals surface area contributed by atoms with Gasteiger partial charge in [-0.25, -0.2) is 9.37 Å². The Morgan fingerprint density at radius 2 is 1.73 bits per heavy atom. The number of aryl methyl sites for hydroxylation is 1. The molecular weight excluding hydrogens is 331 g/mol. The number of nitrogens with one attached hydrogen (secondary N) is 2. The summed E-state index contributed by atoms with van der Waals surface area (Å²) in [5, 5.41) is 6.35. The fraction of sp³-hybridized carbons (Fsp3) is 0.150. The van der Waals surface area contributed by atoms with Gasteiger partial charge in [0, 0.05) is 29.6 Å². The summed E-state index contributed by atoms with van der Waals surface area (Å²) >= 11 is 0. The van der Waals surface area contributed by atoms with Crippen LogP contribution in [-0.2, 0) is 6.54 Å². The van der Waals surface area contributed by atoms with E-state index in [1.165, 1.54) is 19.1 Å². The first kappa shape index (κ1) is 17.5. The van der Waals surface area contributed by atoms with Crippen LogP contribution in [0.1, 0.15) is 28.5 Å². The number of carbonyl (C=O) groups excluding carboxylic acids is 1. The van der Waals surface area contributed by atoms with Crippen molar-refractivity contribution in [2.45, 2.75) is 20.4 Å². The zero-order chi connectivity index (χ0) is 18.5. The van der Waals surface area contributed by atoms with E-state index >= 15 is 0 Å². The third-order valence-corrected chi connectivity index (χ3v) is 3.78. The molecule has 6 heteroatoms. The van der Waals surface area contributed by atoms with E-state index in [-0.39, 0.29) is 11.6 Å². The van der Waals surface area contributed by atoms with Crippen LogP contribution in [0.4, 0.5) is 21.8 Å². The SMILES string of the molecule is CC(=O)c1ccc(Nc2cc(C)nc(NCc3ccc(F)cc3)n2)cc1. The maximum absolute atomic E-state index is 13.0. The van der Waals surface area contributed by atoms with Crippen molar-refractivity contribution in [1.82, 2.24) is 9.97 Å². The lowest BCUT2D eigenvalue weighted by atomic mass is 10.1. The molecule has 0 fully saturated rings. The highest BCUT2D eigenvalue weighted by Gasteiger charge is 2.04. The molecule has 0 aliphatic heterocycles. The summed E-state index contributed by atoms with van der Waals surface area (Å²) in [6, 6.07) is 15.3. The van der Waals surface area contributed by atoms with Crippen molar-refractivity contribution in [3.8, 4) is 0 Å². The summed E-state index contributed by atoms with van der Waals surface area (Å²) in [5.41, 5.74) is 3.24. The van der Waals surface area contributed by atoms with Gasteiger partial charge < -0.3 is 10.6 Å². The van der Waals surface area contributed by atoms with Crippen LogP contribution in [0.2, 0.25) is 0 Å². The second-order valence-electron chi connectivity index (χ2n) is 5.96. The minimum atomic E-state index is -0.261. The van der Waals surface area contributed by atoms with E-state index in [2.05, 4.69) is 20.6 Å². The molecule has 3 rings (SSSR count). The molecule has 0 aliphatic rings. The van der Waals surface area contributed by atoms with Gasteiger partial charge in [-0.3, -0.25) is 4.79 Å². The molecule has 5 nitrogen and oxygen atoms in total. The van der Waals surface area contributed by atoms with Gasteiger partial charge >= 0.3 is 0 Å². The predicted octanol–water partition coefficient (Wildman–Crippen LogP) is 4.48. The van der Waals surface area contributed by atoms with Gasteiger partial charge in [0.05, 0.1) is 0 Å². The van der Waals surface area contributed by atoms with Crippen LogP contribution in [0.3, 0.4) is 0 Å². The summed E-state index contributed by atoms with van der Waals surface area (Å²) < 4.78 is 13.0. The molecule has 1 heterocycles. The third-order valence-electron chi connectivity index (χ3n) is 3.78. The highest BCUT2D eigenvalue weighted by atomic mass is 19.1. The Balaban J connectivity index is 1.70. The third kappa shape index (κ3) is 4.63. The molecule has 132 valence electrons. The van der Waals surface area contributed by atoms with E-state index in [9.17, 15) is 9.18 Å². The predicted molar refractivity (Wildman–Crippen MR) is 100 cm³/mol. The number of aromatic nitrogens is 2. The van der Waals surface area contributed by atoms with E-state index in [0.717, 1.165) is 16.9 Å². The van der Waals surface area contributed by atoms with E-state index in [1.807, 2.05) is 25.1 Å². The van der Waals surface area contributed by atoms with E-state index in [4.69, 9.17) is 0 Å². The summed E-state index contributed by atoms with van der Waals surface area (Å²) in [4.78, 5) is 20.2. The van der Waals surface area contributed by atoms with Gasteiger partial charge in [0.2, 0.25) is 5.95 Å². The molecule has 26 heavy (non-hydrogen) atoms. The molecule has 2 N–H and O–H groups in total. The Hall–Kier alpha value is -3.28. The molecule has 0 radical (unpaired) electrons. The van der Waals surface area contributed by atoms with Gasteiger partial charge in [0.25, 0.3) is 0 Å². The van der Waals surface area contributed by atoms with Gasteiger partial charge in [-0.1, -0.05) is 12.1 Å². The largest absolute Gasteiger partial charge is 0.350 e. The number of benzene rings is 2. The summed E-state index contributed by atoms with van der Waals surface area (Å²) in [6.07, 6.45) is 0. The summed E-state index contributed by atoms with van der Waals surface area (Å²) in [6.45, 7) is 3.92. The molecule has 0 atom stereocenters. The zero-order valence-electron chi connectivity index (χ0n) is 14.6. The Labute approximate surface area is 151 Å². The molecule has 0 unspecified atom stereocenters. The first-order chi connectivity index (χ1) is 12.5. The number of nitrogens with zero attached hydrogens (tertiary/aromatic N) is 2. The van der Waals surface area contributed by atoms with E-state index < -0.39 is 0 Å². The van der Waals surface area contributed by atoms with Crippen LogP contribution in [0.25, 0.3) is 0 Å². The Morgan fingerprint density at radius 3 is 2.38 bits per heavy atom. The van der Waals surface area contributed by atoms with E-state index in [0.29, 0.717) is 23.9 Å². The lowest BCUT2D eigenvalue weighted by molar-refractivity contribution is 0.101. The van der Waals surface area contributed by atoms with Crippen LogP contribution < -0.4 is 10.6 Å². The first-order valence-corrected chi connectivity index (χ1v) is 8.21. The number of hydrogen-bond acceptors (Lipinski definition) is 5. The maximum Gasteiger partial charge on any atom is 0.225 e. The minimum absolute atomic E-state index is 0.0294. The van der Waals surface area contributed by atoms with Crippen molar-refractivity contribution < 1.29 is 9.18 Å². The van der Waals surface area contributed by atoms with Gasteiger partial charge in [-0.05, 0) is 55.8 Å². The van der Waals surface area contributed by atoms with Crippen LogP contribution in [0.5, 0.6) is 0 Å². The molecule has 0 bridgehead atoms. The Morgan fingerprint density at radius 1 is 1.04 bits per heavy atom. The molecule has 1 aromatic heterocycles.